The van der Waals surface area contributed by atoms with E-state index in [1.165, 1.54) is 0 Å². The second-order valence-corrected chi connectivity index (χ2v) is 6.41. The van der Waals surface area contributed by atoms with Crippen molar-refractivity contribution >= 4 is 11.9 Å². The predicted molar refractivity (Wildman–Crippen MR) is 91.3 cm³/mol. The van der Waals surface area contributed by atoms with Gasteiger partial charge in [-0.05, 0) is 33.1 Å². The Hall–Kier alpha value is -1.30. The number of hydrogen-bond donors (Lipinski definition) is 2. The molecule has 0 aromatic heterocycles. The van der Waals surface area contributed by atoms with E-state index in [1.54, 1.807) is 4.90 Å². The Morgan fingerprint density at radius 2 is 1.83 bits per heavy atom. The fourth-order valence-corrected chi connectivity index (χ4v) is 2.64. The topological polar surface area (TPSA) is 70.7 Å². The first-order chi connectivity index (χ1) is 11.0. The van der Waals surface area contributed by atoms with Crippen molar-refractivity contribution in [3.8, 4) is 0 Å². The van der Waals surface area contributed by atoms with Crippen LogP contribution in [0.3, 0.4) is 0 Å². The molecule has 0 aromatic carbocycles. The normalized spacial score (nSPS) is 15.7. The van der Waals surface area contributed by atoms with Crippen LogP contribution >= 0.6 is 0 Å². The minimum Gasteiger partial charge on any atom is -0.377 e. The summed E-state index contributed by atoms with van der Waals surface area (Å²) in [7, 11) is 0. The van der Waals surface area contributed by atoms with Gasteiger partial charge in [0, 0.05) is 32.1 Å². The third-order valence-corrected chi connectivity index (χ3v) is 4.06. The Labute approximate surface area is 140 Å². The fourth-order valence-electron chi connectivity index (χ4n) is 2.64. The molecule has 1 rings (SSSR count). The molecule has 0 bridgehead atoms. The van der Waals surface area contributed by atoms with Gasteiger partial charge in [-0.2, -0.15) is 0 Å². The van der Waals surface area contributed by atoms with Gasteiger partial charge in [0.05, 0.1) is 12.7 Å². The predicted octanol–water partition coefficient (Wildman–Crippen LogP) is 2.14. The van der Waals surface area contributed by atoms with Crippen LogP contribution in [0.15, 0.2) is 0 Å². The van der Waals surface area contributed by atoms with Gasteiger partial charge in [0.15, 0.2) is 0 Å². The van der Waals surface area contributed by atoms with Crippen LogP contribution in [0.2, 0.25) is 0 Å². The van der Waals surface area contributed by atoms with E-state index < -0.39 is 0 Å². The van der Waals surface area contributed by atoms with Crippen molar-refractivity contribution in [1.82, 2.24) is 15.5 Å². The van der Waals surface area contributed by atoms with Gasteiger partial charge >= 0.3 is 6.03 Å². The SMILES string of the molecule is CCCCCNC(=O)C1CCN(C(=O)NCCOC(C)C)CC1. The zero-order valence-corrected chi connectivity index (χ0v) is 14.9. The molecule has 1 fully saturated rings. The first kappa shape index (κ1) is 19.7. The molecular formula is C17H33N3O3. The maximum atomic E-state index is 12.1. The largest absolute Gasteiger partial charge is 0.377 e. The van der Waals surface area contributed by atoms with Crippen LogP contribution in [-0.4, -0.2) is 55.7 Å². The van der Waals surface area contributed by atoms with Gasteiger partial charge in [-0.1, -0.05) is 19.8 Å². The van der Waals surface area contributed by atoms with Gasteiger partial charge in [0.25, 0.3) is 0 Å². The minimum atomic E-state index is -0.0563. The molecule has 3 amide bonds. The Kier molecular flexibility index (Phi) is 9.67. The van der Waals surface area contributed by atoms with Gasteiger partial charge in [-0.15, -0.1) is 0 Å². The molecule has 6 nitrogen and oxygen atoms in total. The average molecular weight is 327 g/mol. The van der Waals surface area contributed by atoms with Gasteiger partial charge in [0.2, 0.25) is 5.91 Å². The summed E-state index contributed by atoms with van der Waals surface area (Å²) in [5, 5.41) is 5.87. The van der Waals surface area contributed by atoms with Crippen LogP contribution in [0.1, 0.15) is 52.9 Å². The molecule has 0 aromatic rings. The van der Waals surface area contributed by atoms with Crippen molar-refractivity contribution in [3.63, 3.8) is 0 Å². The summed E-state index contributed by atoms with van der Waals surface area (Å²) in [6.07, 6.45) is 5.02. The third kappa shape index (κ3) is 8.21. The van der Waals surface area contributed by atoms with E-state index in [0.717, 1.165) is 38.6 Å². The summed E-state index contributed by atoms with van der Waals surface area (Å²) in [5.74, 6) is 0.191. The maximum absolute atomic E-state index is 12.1. The van der Waals surface area contributed by atoms with Crippen molar-refractivity contribution in [2.24, 2.45) is 5.92 Å². The monoisotopic (exact) mass is 327 g/mol. The number of unbranched alkanes of at least 4 members (excludes halogenated alkanes) is 2. The second-order valence-electron chi connectivity index (χ2n) is 6.41. The van der Waals surface area contributed by atoms with Crippen LogP contribution in [0.4, 0.5) is 4.79 Å². The highest BCUT2D eigenvalue weighted by Gasteiger charge is 2.26. The van der Waals surface area contributed by atoms with Crippen LogP contribution in [-0.2, 0) is 9.53 Å². The Balaban J connectivity index is 2.16. The summed E-state index contributed by atoms with van der Waals surface area (Å²) in [4.78, 5) is 25.9. The molecule has 0 spiro atoms. The second kappa shape index (κ2) is 11.3. The molecule has 1 aliphatic heterocycles. The minimum absolute atomic E-state index is 0.0463. The number of nitrogens with one attached hydrogen (secondary N) is 2. The molecule has 0 radical (unpaired) electrons. The average Bonchev–Trinajstić information content (AvgIpc) is 2.55. The molecule has 134 valence electrons. The van der Waals surface area contributed by atoms with E-state index in [2.05, 4.69) is 17.6 Å². The third-order valence-electron chi connectivity index (χ3n) is 4.06. The number of rotatable bonds is 9. The molecule has 1 saturated heterocycles. The van der Waals surface area contributed by atoms with Crippen LogP contribution in [0, 0.1) is 5.92 Å². The standard InChI is InChI=1S/C17H33N3O3/c1-4-5-6-9-18-16(21)15-7-11-20(12-8-15)17(22)19-10-13-23-14(2)3/h14-15H,4-13H2,1-3H3,(H,18,21)(H,19,22). The van der Waals surface area contributed by atoms with E-state index in [-0.39, 0.29) is 24.0 Å². The number of likely N-dealkylation sites (tertiary alicyclic amines) is 1. The van der Waals surface area contributed by atoms with Crippen molar-refractivity contribution in [3.05, 3.63) is 0 Å². The summed E-state index contributed by atoms with van der Waals surface area (Å²) in [6, 6.07) is -0.0563. The summed E-state index contributed by atoms with van der Waals surface area (Å²) < 4.78 is 5.40. The highest BCUT2D eigenvalue weighted by Crippen LogP contribution is 2.17. The van der Waals surface area contributed by atoms with E-state index in [0.29, 0.717) is 26.2 Å². The Morgan fingerprint density at radius 1 is 1.13 bits per heavy atom. The van der Waals surface area contributed by atoms with Crippen molar-refractivity contribution in [1.29, 1.82) is 0 Å². The summed E-state index contributed by atoms with van der Waals surface area (Å²) in [5.41, 5.74) is 0. The molecule has 6 heteroatoms. The number of ether oxygens (including phenoxy) is 1. The van der Waals surface area contributed by atoms with Crippen LogP contribution < -0.4 is 10.6 Å². The highest BCUT2D eigenvalue weighted by molar-refractivity contribution is 5.79. The molecule has 0 unspecified atom stereocenters. The molecule has 2 N–H and O–H groups in total. The molecule has 0 atom stereocenters. The lowest BCUT2D eigenvalue weighted by atomic mass is 9.96. The number of urea groups is 1. The molecule has 0 saturated carbocycles. The van der Waals surface area contributed by atoms with Gasteiger partial charge < -0.3 is 20.3 Å². The van der Waals surface area contributed by atoms with Crippen LogP contribution in [0.25, 0.3) is 0 Å². The highest BCUT2D eigenvalue weighted by atomic mass is 16.5. The zero-order valence-electron chi connectivity index (χ0n) is 14.9. The number of hydrogen-bond acceptors (Lipinski definition) is 3. The van der Waals surface area contributed by atoms with Crippen molar-refractivity contribution in [2.75, 3.05) is 32.8 Å². The van der Waals surface area contributed by atoms with Gasteiger partial charge in [-0.25, -0.2) is 4.79 Å². The first-order valence-corrected chi connectivity index (χ1v) is 8.96. The lowest BCUT2D eigenvalue weighted by Crippen LogP contribution is -2.47. The Bertz CT molecular complexity index is 353. The fraction of sp³-hybridized carbons (Fsp3) is 0.882. The van der Waals surface area contributed by atoms with E-state index >= 15 is 0 Å². The number of nitrogens with zero attached hydrogens (tertiary/aromatic N) is 1. The molecule has 0 aliphatic carbocycles. The van der Waals surface area contributed by atoms with Crippen molar-refractivity contribution in [2.45, 2.75) is 59.0 Å². The molecule has 1 aliphatic rings. The number of piperidine rings is 1. The van der Waals surface area contributed by atoms with Crippen LogP contribution in [0.5, 0.6) is 0 Å². The number of carbonyl (C=O) groups excluding carboxylic acids is 2. The lowest BCUT2D eigenvalue weighted by Gasteiger charge is -2.31. The lowest BCUT2D eigenvalue weighted by molar-refractivity contribution is -0.126. The van der Waals surface area contributed by atoms with E-state index in [1.807, 2.05) is 13.8 Å². The summed E-state index contributed by atoms with van der Waals surface area (Å²) >= 11 is 0. The maximum Gasteiger partial charge on any atom is 0.317 e. The zero-order chi connectivity index (χ0) is 17.1. The summed E-state index contributed by atoms with van der Waals surface area (Å²) in [6.45, 7) is 9.20. The smallest absolute Gasteiger partial charge is 0.317 e. The van der Waals surface area contributed by atoms with Crippen molar-refractivity contribution < 1.29 is 14.3 Å². The van der Waals surface area contributed by atoms with Gasteiger partial charge in [-0.3, -0.25) is 4.79 Å². The van der Waals surface area contributed by atoms with E-state index in [4.69, 9.17) is 4.74 Å². The molecule has 1 heterocycles. The number of carbonyl (C=O) groups is 2. The molecule has 23 heavy (non-hydrogen) atoms. The quantitative estimate of drug-likeness (QED) is 0.637. The van der Waals surface area contributed by atoms with Gasteiger partial charge in [0.1, 0.15) is 0 Å². The molecular weight excluding hydrogens is 294 g/mol. The Morgan fingerprint density at radius 3 is 2.43 bits per heavy atom. The first-order valence-electron chi connectivity index (χ1n) is 8.96. The van der Waals surface area contributed by atoms with E-state index in [9.17, 15) is 9.59 Å². The number of amides is 3.